The molecule has 0 aliphatic carbocycles. The first-order valence-corrected chi connectivity index (χ1v) is 7.49. The molecular weight excluding hydrogens is 279 g/mol. The lowest BCUT2D eigenvalue weighted by molar-refractivity contribution is -0.274. The van der Waals surface area contributed by atoms with Gasteiger partial charge in [-0.1, -0.05) is 51.2 Å². The van der Waals surface area contributed by atoms with Gasteiger partial charge in [-0.05, 0) is 31.2 Å². The highest BCUT2D eigenvalue weighted by Gasteiger charge is 2.31. The average molecular weight is 303 g/mol. The minimum atomic E-state index is -4.64. The third-order valence-corrected chi connectivity index (χ3v) is 3.44. The topological polar surface area (TPSA) is 21.3 Å². The van der Waals surface area contributed by atoms with Gasteiger partial charge in [-0.25, -0.2) is 0 Å². The second kappa shape index (κ2) is 8.93. The molecule has 1 atom stereocenters. The number of alkyl halides is 3. The predicted molar refractivity (Wildman–Crippen MR) is 78.3 cm³/mol. The molecule has 0 radical (unpaired) electrons. The van der Waals surface area contributed by atoms with Crippen molar-refractivity contribution in [2.75, 3.05) is 7.05 Å². The van der Waals surface area contributed by atoms with Crippen LogP contribution in [0.25, 0.3) is 0 Å². The second-order valence-corrected chi connectivity index (χ2v) is 5.16. The van der Waals surface area contributed by atoms with Gasteiger partial charge in [-0.2, -0.15) is 0 Å². The Kier molecular flexibility index (Phi) is 7.57. The lowest BCUT2D eigenvalue weighted by Gasteiger charge is -2.18. The van der Waals surface area contributed by atoms with E-state index < -0.39 is 6.36 Å². The summed E-state index contributed by atoms with van der Waals surface area (Å²) in [5.41, 5.74) is 0.828. The lowest BCUT2D eigenvalue weighted by Crippen LogP contribution is -2.19. The van der Waals surface area contributed by atoms with Gasteiger partial charge in [0.25, 0.3) is 0 Å². The molecule has 1 N–H and O–H groups in total. The summed E-state index contributed by atoms with van der Waals surface area (Å²) in [6, 6.07) is 6.27. The first kappa shape index (κ1) is 17.8. The van der Waals surface area contributed by atoms with Gasteiger partial charge < -0.3 is 10.1 Å². The van der Waals surface area contributed by atoms with E-state index in [1.807, 2.05) is 13.1 Å². The molecular formula is C16H24F3NO. The van der Waals surface area contributed by atoms with Gasteiger partial charge in [0.05, 0.1) is 0 Å². The maximum Gasteiger partial charge on any atom is 0.573 e. The van der Waals surface area contributed by atoms with Crippen LogP contribution >= 0.6 is 0 Å². The van der Waals surface area contributed by atoms with Crippen molar-refractivity contribution in [1.82, 2.24) is 5.32 Å². The molecule has 2 nitrogen and oxygen atoms in total. The molecule has 0 aliphatic heterocycles. The number of hydrogen-bond acceptors (Lipinski definition) is 2. The smallest absolute Gasteiger partial charge is 0.406 e. The number of halogens is 3. The standard InChI is InChI=1S/C16H24F3NO/c1-3-4-5-6-7-11-15(20-2)13-9-8-10-14(12-13)21-16(17,18)19/h8-10,12,15,20H,3-7,11H2,1-2H3. The average Bonchev–Trinajstić information content (AvgIpc) is 2.41. The van der Waals surface area contributed by atoms with Gasteiger partial charge in [0, 0.05) is 6.04 Å². The minimum absolute atomic E-state index is 0.0587. The molecule has 0 heterocycles. The van der Waals surface area contributed by atoms with Crippen molar-refractivity contribution in [3.05, 3.63) is 29.8 Å². The van der Waals surface area contributed by atoms with Crippen LogP contribution in [-0.2, 0) is 0 Å². The number of rotatable bonds is 9. The lowest BCUT2D eigenvalue weighted by atomic mass is 10.00. The van der Waals surface area contributed by atoms with Gasteiger partial charge in [0.2, 0.25) is 0 Å². The molecule has 0 bridgehead atoms. The molecule has 0 aromatic heterocycles. The van der Waals surface area contributed by atoms with E-state index in [4.69, 9.17) is 0 Å². The molecule has 1 unspecified atom stereocenters. The summed E-state index contributed by atoms with van der Waals surface area (Å²) in [6.07, 6.45) is 2.14. The zero-order chi connectivity index (χ0) is 15.7. The van der Waals surface area contributed by atoms with E-state index in [-0.39, 0.29) is 11.8 Å². The second-order valence-electron chi connectivity index (χ2n) is 5.16. The van der Waals surface area contributed by atoms with Crippen LogP contribution in [-0.4, -0.2) is 13.4 Å². The van der Waals surface area contributed by atoms with Gasteiger partial charge in [-0.3, -0.25) is 0 Å². The third-order valence-electron chi connectivity index (χ3n) is 3.44. The zero-order valence-electron chi connectivity index (χ0n) is 12.7. The fraction of sp³-hybridized carbons (Fsp3) is 0.625. The molecule has 0 saturated heterocycles. The Balaban J connectivity index is 2.57. The van der Waals surface area contributed by atoms with Gasteiger partial charge in [0.15, 0.2) is 0 Å². The summed E-state index contributed by atoms with van der Waals surface area (Å²) in [5, 5.41) is 3.16. The maximum absolute atomic E-state index is 12.2. The molecule has 21 heavy (non-hydrogen) atoms. The van der Waals surface area contributed by atoms with Crippen LogP contribution in [0.3, 0.4) is 0 Å². The third kappa shape index (κ3) is 7.37. The van der Waals surface area contributed by atoms with Crippen molar-refractivity contribution in [3.8, 4) is 5.75 Å². The monoisotopic (exact) mass is 303 g/mol. The Hall–Kier alpha value is -1.23. The normalized spacial score (nSPS) is 13.2. The van der Waals surface area contributed by atoms with E-state index in [9.17, 15) is 13.2 Å². The molecule has 0 fully saturated rings. The number of ether oxygens (including phenoxy) is 1. The van der Waals surface area contributed by atoms with Crippen LogP contribution < -0.4 is 10.1 Å². The van der Waals surface area contributed by atoms with E-state index in [1.165, 1.54) is 31.4 Å². The van der Waals surface area contributed by atoms with Gasteiger partial charge >= 0.3 is 6.36 Å². The highest BCUT2D eigenvalue weighted by molar-refractivity contribution is 5.30. The van der Waals surface area contributed by atoms with E-state index >= 15 is 0 Å². The first-order chi connectivity index (χ1) is 9.96. The molecule has 0 saturated carbocycles. The van der Waals surface area contributed by atoms with Crippen molar-refractivity contribution in [3.63, 3.8) is 0 Å². The summed E-state index contributed by atoms with van der Waals surface area (Å²) in [6.45, 7) is 2.17. The quantitative estimate of drug-likeness (QED) is 0.633. The Labute approximate surface area is 124 Å². The highest BCUT2D eigenvalue weighted by Crippen LogP contribution is 2.27. The number of benzene rings is 1. The molecule has 120 valence electrons. The van der Waals surface area contributed by atoms with Crippen molar-refractivity contribution >= 4 is 0 Å². The number of hydrogen-bond donors (Lipinski definition) is 1. The summed E-state index contributed by atoms with van der Waals surface area (Å²) < 4.78 is 40.7. The van der Waals surface area contributed by atoms with Crippen molar-refractivity contribution in [2.24, 2.45) is 0 Å². The summed E-state index contributed by atoms with van der Waals surface area (Å²) >= 11 is 0. The van der Waals surface area contributed by atoms with Crippen LogP contribution in [0.5, 0.6) is 5.75 Å². The fourth-order valence-corrected chi connectivity index (χ4v) is 2.36. The molecule has 1 rings (SSSR count). The maximum atomic E-state index is 12.2. The fourth-order valence-electron chi connectivity index (χ4n) is 2.36. The van der Waals surface area contributed by atoms with Crippen LogP contribution in [0.1, 0.15) is 57.1 Å². The van der Waals surface area contributed by atoms with E-state index in [0.29, 0.717) is 0 Å². The van der Waals surface area contributed by atoms with Crippen LogP contribution in [0.15, 0.2) is 24.3 Å². The Morgan fingerprint density at radius 3 is 2.48 bits per heavy atom. The summed E-state index contributed by atoms with van der Waals surface area (Å²) in [4.78, 5) is 0. The molecule has 0 spiro atoms. The molecule has 1 aromatic carbocycles. The van der Waals surface area contributed by atoms with Crippen molar-refractivity contribution in [2.45, 2.75) is 57.9 Å². The van der Waals surface area contributed by atoms with Crippen molar-refractivity contribution in [1.29, 1.82) is 0 Å². The predicted octanol–water partition coefficient (Wildman–Crippen LogP) is 5.21. The Bertz CT molecular complexity index is 407. The van der Waals surface area contributed by atoms with Crippen LogP contribution in [0.2, 0.25) is 0 Å². The van der Waals surface area contributed by atoms with Crippen LogP contribution in [0.4, 0.5) is 13.2 Å². The zero-order valence-corrected chi connectivity index (χ0v) is 12.7. The molecule has 1 aromatic rings. The van der Waals surface area contributed by atoms with Gasteiger partial charge in [0.1, 0.15) is 5.75 Å². The number of nitrogens with one attached hydrogen (secondary N) is 1. The highest BCUT2D eigenvalue weighted by atomic mass is 19.4. The van der Waals surface area contributed by atoms with Crippen LogP contribution in [0, 0.1) is 0 Å². The first-order valence-electron chi connectivity index (χ1n) is 7.49. The summed E-state index contributed by atoms with van der Waals surface area (Å²) in [7, 11) is 1.83. The van der Waals surface area contributed by atoms with Gasteiger partial charge in [-0.15, -0.1) is 13.2 Å². The molecule has 0 amide bonds. The summed E-state index contributed by atoms with van der Waals surface area (Å²) in [5.74, 6) is -0.161. The Morgan fingerprint density at radius 2 is 1.86 bits per heavy atom. The van der Waals surface area contributed by atoms with E-state index in [0.717, 1.165) is 24.8 Å². The minimum Gasteiger partial charge on any atom is -0.406 e. The number of unbranched alkanes of at least 4 members (excludes halogenated alkanes) is 4. The van der Waals surface area contributed by atoms with E-state index in [2.05, 4.69) is 17.0 Å². The Morgan fingerprint density at radius 1 is 1.14 bits per heavy atom. The molecule has 5 heteroatoms. The largest absolute Gasteiger partial charge is 0.573 e. The molecule has 0 aliphatic rings. The van der Waals surface area contributed by atoms with Crippen molar-refractivity contribution < 1.29 is 17.9 Å². The van der Waals surface area contributed by atoms with E-state index in [1.54, 1.807) is 6.07 Å². The SMILES string of the molecule is CCCCCCCC(NC)c1cccc(OC(F)(F)F)c1.